The van der Waals surface area contributed by atoms with Crippen LogP contribution in [0.5, 0.6) is 0 Å². The molecule has 2 amide bonds. The van der Waals surface area contributed by atoms with Gasteiger partial charge in [0.2, 0.25) is 11.8 Å². The summed E-state index contributed by atoms with van der Waals surface area (Å²) >= 11 is 4.89. The standard InChI is InChI=1S/C19H16BrN3O2S/c1-11-2-5-14-16(8-11)26-19(21-14)22-17(24)10-23-15-6-4-13(20)9-12(15)3-7-18(23)25/h2,4-6,8-9H,3,7,10H2,1H3,(H,21,22,24). The van der Waals surface area contributed by atoms with E-state index in [-0.39, 0.29) is 18.4 Å². The molecule has 0 radical (unpaired) electrons. The molecular formula is C19H16BrN3O2S. The number of benzene rings is 2. The second-order valence-corrected chi connectivity index (χ2v) is 8.24. The molecule has 0 atom stereocenters. The summed E-state index contributed by atoms with van der Waals surface area (Å²) in [6, 6.07) is 11.8. The van der Waals surface area contributed by atoms with E-state index in [0.717, 1.165) is 31.5 Å². The fourth-order valence-corrected chi connectivity index (χ4v) is 4.48. The van der Waals surface area contributed by atoms with Crippen molar-refractivity contribution < 1.29 is 9.59 Å². The van der Waals surface area contributed by atoms with Crippen molar-refractivity contribution in [1.82, 2.24) is 4.98 Å². The van der Waals surface area contributed by atoms with Crippen LogP contribution in [0.25, 0.3) is 10.2 Å². The minimum atomic E-state index is -0.245. The first-order valence-electron chi connectivity index (χ1n) is 8.25. The normalized spacial score (nSPS) is 13.8. The molecule has 0 saturated carbocycles. The van der Waals surface area contributed by atoms with Crippen LogP contribution in [0, 0.1) is 6.92 Å². The molecule has 0 saturated heterocycles. The average Bonchev–Trinajstić information content (AvgIpc) is 2.98. The summed E-state index contributed by atoms with van der Waals surface area (Å²) in [7, 11) is 0. The number of hydrogen-bond acceptors (Lipinski definition) is 4. The summed E-state index contributed by atoms with van der Waals surface area (Å²) in [4.78, 5) is 30.8. The van der Waals surface area contributed by atoms with Crippen molar-refractivity contribution in [3.8, 4) is 0 Å². The molecule has 4 rings (SSSR count). The van der Waals surface area contributed by atoms with Gasteiger partial charge in [-0.25, -0.2) is 4.98 Å². The van der Waals surface area contributed by atoms with Gasteiger partial charge < -0.3 is 10.2 Å². The number of anilines is 2. The van der Waals surface area contributed by atoms with E-state index >= 15 is 0 Å². The number of aryl methyl sites for hydroxylation is 2. The van der Waals surface area contributed by atoms with Gasteiger partial charge in [0.05, 0.1) is 10.2 Å². The van der Waals surface area contributed by atoms with E-state index in [1.807, 2.05) is 43.3 Å². The summed E-state index contributed by atoms with van der Waals surface area (Å²) in [5.74, 6) is -0.278. The lowest BCUT2D eigenvalue weighted by atomic mass is 10.0. The molecule has 1 aliphatic heterocycles. The van der Waals surface area contributed by atoms with Crippen LogP contribution in [0.15, 0.2) is 40.9 Å². The molecule has 2 heterocycles. The van der Waals surface area contributed by atoms with Crippen molar-refractivity contribution in [2.75, 3.05) is 16.8 Å². The second kappa shape index (κ2) is 6.81. The molecule has 0 spiro atoms. The molecule has 3 aromatic rings. The van der Waals surface area contributed by atoms with E-state index in [2.05, 4.69) is 26.2 Å². The number of thiazole rings is 1. The molecule has 1 N–H and O–H groups in total. The molecule has 5 nitrogen and oxygen atoms in total. The van der Waals surface area contributed by atoms with E-state index in [4.69, 9.17) is 0 Å². The molecule has 0 aliphatic carbocycles. The summed E-state index contributed by atoms with van der Waals surface area (Å²) in [6.07, 6.45) is 1.11. The average molecular weight is 430 g/mol. The van der Waals surface area contributed by atoms with Gasteiger partial charge >= 0.3 is 0 Å². The highest BCUT2D eigenvalue weighted by atomic mass is 79.9. The first-order valence-corrected chi connectivity index (χ1v) is 9.86. The highest BCUT2D eigenvalue weighted by molar-refractivity contribution is 9.10. The van der Waals surface area contributed by atoms with Crippen molar-refractivity contribution in [3.63, 3.8) is 0 Å². The summed E-state index contributed by atoms with van der Waals surface area (Å²) in [5, 5.41) is 3.38. The van der Waals surface area contributed by atoms with Crippen LogP contribution >= 0.6 is 27.3 Å². The van der Waals surface area contributed by atoms with E-state index in [1.165, 1.54) is 11.3 Å². The molecule has 1 aliphatic rings. The van der Waals surface area contributed by atoms with Crippen molar-refractivity contribution >= 4 is 60.1 Å². The van der Waals surface area contributed by atoms with Crippen molar-refractivity contribution in [2.45, 2.75) is 19.8 Å². The molecule has 132 valence electrons. The Morgan fingerprint density at radius 1 is 1.27 bits per heavy atom. The number of hydrogen-bond donors (Lipinski definition) is 1. The van der Waals surface area contributed by atoms with Crippen LogP contribution in [0.2, 0.25) is 0 Å². The molecule has 7 heteroatoms. The molecule has 1 aromatic heterocycles. The zero-order valence-corrected chi connectivity index (χ0v) is 16.5. The number of aromatic nitrogens is 1. The lowest BCUT2D eigenvalue weighted by Gasteiger charge is -2.28. The number of carbonyl (C=O) groups excluding carboxylic acids is 2. The predicted octanol–water partition coefficient (Wildman–Crippen LogP) is 4.29. The second-order valence-electron chi connectivity index (χ2n) is 6.29. The SMILES string of the molecule is Cc1ccc2nc(NC(=O)CN3C(=O)CCc4cc(Br)ccc43)sc2c1. The Labute approximate surface area is 163 Å². The largest absolute Gasteiger partial charge is 0.303 e. The van der Waals surface area contributed by atoms with Crippen LogP contribution in [0.3, 0.4) is 0 Å². The maximum Gasteiger partial charge on any atom is 0.246 e. The third-order valence-corrected chi connectivity index (χ3v) is 5.76. The van der Waals surface area contributed by atoms with Crippen LogP contribution in [-0.4, -0.2) is 23.3 Å². The van der Waals surface area contributed by atoms with Crippen LogP contribution < -0.4 is 10.2 Å². The Kier molecular flexibility index (Phi) is 4.50. The van der Waals surface area contributed by atoms with E-state index in [9.17, 15) is 9.59 Å². The molecular weight excluding hydrogens is 414 g/mol. The Balaban J connectivity index is 1.53. The summed E-state index contributed by atoms with van der Waals surface area (Å²) in [5.41, 5.74) is 3.89. The van der Waals surface area contributed by atoms with E-state index in [0.29, 0.717) is 18.0 Å². The topological polar surface area (TPSA) is 62.3 Å². The van der Waals surface area contributed by atoms with Crippen molar-refractivity contribution in [3.05, 3.63) is 52.0 Å². The van der Waals surface area contributed by atoms with Crippen molar-refractivity contribution in [2.24, 2.45) is 0 Å². The van der Waals surface area contributed by atoms with Gasteiger partial charge in [-0.3, -0.25) is 9.59 Å². The Bertz CT molecular complexity index is 1030. The quantitative estimate of drug-likeness (QED) is 0.675. The first-order chi connectivity index (χ1) is 12.5. The van der Waals surface area contributed by atoms with Gasteiger partial charge in [-0.15, -0.1) is 0 Å². The predicted molar refractivity (Wildman–Crippen MR) is 108 cm³/mol. The molecule has 2 aromatic carbocycles. The third kappa shape index (κ3) is 3.37. The number of fused-ring (bicyclic) bond motifs is 2. The highest BCUT2D eigenvalue weighted by Crippen LogP contribution is 2.31. The maximum atomic E-state index is 12.5. The Hall–Kier alpha value is -2.25. The molecule has 0 unspecified atom stereocenters. The van der Waals surface area contributed by atoms with Gasteiger partial charge in [0.1, 0.15) is 6.54 Å². The number of amides is 2. The van der Waals surface area contributed by atoms with Gasteiger partial charge in [-0.1, -0.05) is 33.3 Å². The number of halogens is 1. The summed E-state index contributed by atoms with van der Waals surface area (Å²) < 4.78 is 2.00. The van der Waals surface area contributed by atoms with Crippen molar-refractivity contribution in [1.29, 1.82) is 0 Å². The maximum absolute atomic E-state index is 12.5. The first kappa shape index (κ1) is 17.2. The number of carbonyl (C=O) groups is 2. The van der Waals surface area contributed by atoms with E-state index in [1.54, 1.807) is 4.90 Å². The smallest absolute Gasteiger partial charge is 0.246 e. The van der Waals surface area contributed by atoms with Gasteiger partial charge in [0, 0.05) is 16.6 Å². The van der Waals surface area contributed by atoms with Crippen LogP contribution in [0.1, 0.15) is 17.5 Å². The summed E-state index contributed by atoms with van der Waals surface area (Å²) in [6.45, 7) is 2.01. The number of nitrogens with one attached hydrogen (secondary N) is 1. The van der Waals surface area contributed by atoms with Gasteiger partial charge in [-0.05, 0) is 54.8 Å². The van der Waals surface area contributed by atoms with Gasteiger partial charge in [-0.2, -0.15) is 0 Å². The molecule has 0 fully saturated rings. The highest BCUT2D eigenvalue weighted by Gasteiger charge is 2.26. The fourth-order valence-electron chi connectivity index (χ4n) is 3.09. The minimum Gasteiger partial charge on any atom is -0.303 e. The fraction of sp³-hybridized carbons (Fsp3) is 0.211. The zero-order chi connectivity index (χ0) is 18.3. The van der Waals surface area contributed by atoms with Gasteiger partial charge in [0.25, 0.3) is 0 Å². The monoisotopic (exact) mass is 429 g/mol. The van der Waals surface area contributed by atoms with E-state index < -0.39 is 0 Å². The van der Waals surface area contributed by atoms with Crippen LogP contribution in [0.4, 0.5) is 10.8 Å². The Morgan fingerprint density at radius 3 is 2.96 bits per heavy atom. The number of rotatable bonds is 3. The molecule has 26 heavy (non-hydrogen) atoms. The lowest BCUT2D eigenvalue weighted by Crippen LogP contribution is -2.40. The minimum absolute atomic E-state index is 0.0115. The Morgan fingerprint density at radius 2 is 2.12 bits per heavy atom. The van der Waals surface area contributed by atoms with Gasteiger partial charge in [0.15, 0.2) is 5.13 Å². The third-order valence-electron chi connectivity index (χ3n) is 4.33. The zero-order valence-electron chi connectivity index (χ0n) is 14.1. The van der Waals surface area contributed by atoms with Crippen LogP contribution in [-0.2, 0) is 16.0 Å². The lowest BCUT2D eigenvalue weighted by molar-refractivity contribution is -0.121. The number of nitrogens with zero attached hydrogens (tertiary/aromatic N) is 2. The molecule has 0 bridgehead atoms.